The highest BCUT2D eigenvalue weighted by Crippen LogP contribution is 2.55. The Hall–Kier alpha value is -4.06. The van der Waals surface area contributed by atoms with Crippen LogP contribution in [-0.2, 0) is 21.7 Å². The maximum atomic E-state index is 2.67. The summed E-state index contributed by atoms with van der Waals surface area (Å²) in [4.78, 5) is 5.32. The molecule has 4 aliphatic rings. The van der Waals surface area contributed by atoms with E-state index in [0.717, 1.165) is 12.8 Å². The van der Waals surface area contributed by atoms with Crippen molar-refractivity contribution in [2.75, 3.05) is 9.80 Å². The number of benzene rings is 4. The van der Waals surface area contributed by atoms with E-state index in [2.05, 4.69) is 197 Å². The molecule has 0 saturated heterocycles. The molecule has 2 nitrogen and oxygen atoms in total. The van der Waals surface area contributed by atoms with Gasteiger partial charge in [0.2, 0.25) is 0 Å². The molecule has 0 saturated carbocycles. The minimum atomic E-state index is 0.0785. The van der Waals surface area contributed by atoms with Crippen molar-refractivity contribution in [1.29, 1.82) is 0 Å². The lowest BCUT2D eigenvalue weighted by Crippen LogP contribution is -2.55. The van der Waals surface area contributed by atoms with E-state index < -0.39 is 0 Å². The number of thiophene rings is 2. The molecule has 5 heteroatoms. The van der Waals surface area contributed by atoms with Crippen LogP contribution < -0.4 is 20.7 Å². The molecular weight excluding hydrogens is 764 g/mol. The van der Waals surface area contributed by atoms with Crippen LogP contribution in [0, 0.1) is 12.3 Å². The highest BCUT2D eigenvalue weighted by atomic mass is 32.1. The van der Waals surface area contributed by atoms with E-state index in [-0.39, 0.29) is 33.8 Å². The van der Waals surface area contributed by atoms with Crippen molar-refractivity contribution < 1.29 is 0 Å². The fraction of sp³-hybridized carbons (Fsp3) is 0.418. The molecule has 4 aromatic carbocycles. The van der Waals surface area contributed by atoms with Crippen molar-refractivity contribution in [3.63, 3.8) is 0 Å². The molecule has 4 heterocycles. The molecule has 2 aromatic heterocycles. The summed E-state index contributed by atoms with van der Waals surface area (Å²) in [5.41, 5.74) is 20.3. The number of fused-ring (bicyclic) bond motifs is 8. The number of aryl methyl sites for hydroxylation is 1. The molecule has 0 bridgehead atoms. The molecule has 0 radical (unpaired) electrons. The Kier molecular flexibility index (Phi) is 8.67. The van der Waals surface area contributed by atoms with Crippen LogP contribution in [0.1, 0.15) is 144 Å². The van der Waals surface area contributed by atoms with Crippen LogP contribution in [0.2, 0.25) is 0 Å². The number of rotatable bonds is 2. The number of hydrogen-bond donors (Lipinski definition) is 0. The topological polar surface area (TPSA) is 6.48 Å². The second-order valence-corrected chi connectivity index (χ2v) is 25.0. The van der Waals surface area contributed by atoms with Gasteiger partial charge in [0.1, 0.15) is 0 Å². The standard InChI is InChI=1S/C55H63BN2S2/c1-32-27-43-46-44(28-32)58(37-22-17-34(18-23-37)52(5,6)7)50-47(49-48(60-50)38-30-39-40(31-45(38)59-49)55(13,14)26-25-54(39,11)12)56(46)41-29-35(53(8,9)10)19-24-42(41)57(43)36-20-15-33(16-21-36)51(2,3)4/h15-18,20-23,27-31H,19,24-26H2,1-14H3. The van der Waals surface area contributed by atoms with Gasteiger partial charge in [0.15, 0.2) is 0 Å². The van der Waals surface area contributed by atoms with Crippen LogP contribution in [0.4, 0.5) is 27.8 Å². The highest BCUT2D eigenvalue weighted by molar-refractivity contribution is 7.37. The van der Waals surface area contributed by atoms with Gasteiger partial charge in [-0.3, -0.25) is 0 Å². The number of hydrogen-bond acceptors (Lipinski definition) is 4. The van der Waals surface area contributed by atoms with Gasteiger partial charge in [-0.25, -0.2) is 0 Å². The van der Waals surface area contributed by atoms with Gasteiger partial charge in [-0.1, -0.05) is 126 Å². The largest absolute Gasteiger partial charge is 0.315 e. The van der Waals surface area contributed by atoms with E-state index in [9.17, 15) is 0 Å². The zero-order valence-electron chi connectivity index (χ0n) is 38.6. The van der Waals surface area contributed by atoms with Crippen LogP contribution in [0.25, 0.3) is 19.5 Å². The van der Waals surface area contributed by atoms with E-state index >= 15 is 0 Å². The summed E-state index contributed by atoms with van der Waals surface area (Å²) in [6.45, 7) is 33.5. The summed E-state index contributed by atoms with van der Waals surface area (Å²) in [7, 11) is 0. The van der Waals surface area contributed by atoms with E-state index in [1.807, 2.05) is 11.3 Å². The molecule has 2 aliphatic heterocycles. The molecule has 0 amide bonds. The predicted molar refractivity (Wildman–Crippen MR) is 267 cm³/mol. The van der Waals surface area contributed by atoms with Crippen molar-refractivity contribution >= 4 is 87.5 Å². The average Bonchev–Trinajstić information content (AvgIpc) is 3.71. The zero-order chi connectivity index (χ0) is 42.6. The minimum Gasteiger partial charge on any atom is -0.315 e. The Morgan fingerprint density at radius 2 is 1.12 bits per heavy atom. The Morgan fingerprint density at radius 1 is 0.583 bits per heavy atom. The SMILES string of the molecule is Cc1cc2c3c(c1)N(c1ccc(C(C)(C)C)cc1)c1sc4c(sc5cc6c(cc54)C(C)(C)CCC6(C)C)c1B3C1=C(CCC(C(C)(C)C)=C1)N2c1ccc(C(C)(C)C)cc1. The Bertz CT molecular complexity index is 2820. The number of nitrogens with zero attached hydrogens (tertiary/aromatic N) is 2. The van der Waals surface area contributed by atoms with Gasteiger partial charge < -0.3 is 9.80 Å². The first-order valence-corrected chi connectivity index (χ1v) is 24.1. The minimum absolute atomic E-state index is 0.0785. The van der Waals surface area contributed by atoms with Gasteiger partial charge in [-0.2, -0.15) is 0 Å². The first-order chi connectivity index (χ1) is 28.0. The third-order valence-corrected chi connectivity index (χ3v) is 17.2. The van der Waals surface area contributed by atoms with Gasteiger partial charge in [-0.05, 0) is 152 Å². The molecule has 6 aromatic rings. The molecule has 10 rings (SSSR count). The quantitative estimate of drug-likeness (QED) is 0.161. The van der Waals surface area contributed by atoms with Gasteiger partial charge in [0.25, 0.3) is 6.71 Å². The molecule has 0 fully saturated rings. The second kappa shape index (κ2) is 13.0. The molecule has 0 N–H and O–H groups in total. The van der Waals surface area contributed by atoms with Gasteiger partial charge in [0, 0.05) is 43.2 Å². The lowest BCUT2D eigenvalue weighted by Gasteiger charge is -2.46. The summed E-state index contributed by atoms with van der Waals surface area (Å²) in [5, 5.41) is 2.83. The molecule has 60 heavy (non-hydrogen) atoms. The third kappa shape index (κ3) is 6.06. The van der Waals surface area contributed by atoms with Crippen LogP contribution in [0.15, 0.2) is 95.6 Å². The maximum absolute atomic E-state index is 2.67. The van der Waals surface area contributed by atoms with Gasteiger partial charge in [-0.15, -0.1) is 22.7 Å². The molecule has 0 unspecified atom stereocenters. The smallest absolute Gasteiger partial charge is 0.254 e. The highest BCUT2D eigenvalue weighted by Gasteiger charge is 2.48. The normalized spacial score (nSPS) is 18.4. The second-order valence-electron chi connectivity index (χ2n) is 23.0. The summed E-state index contributed by atoms with van der Waals surface area (Å²) >= 11 is 4.10. The Balaban J connectivity index is 1.31. The Labute approximate surface area is 368 Å². The van der Waals surface area contributed by atoms with Crippen LogP contribution in [0.5, 0.6) is 0 Å². The van der Waals surface area contributed by atoms with Crippen molar-refractivity contribution in [1.82, 2.24) is 0 Å². The number of allylic oxidation sites excluding steroid dienone is 4. The van der Waals surface area contributed by atoms with E-state index in [0.29, 0.717) is 0 Å². The first-order valence-electron chi connectivity index (χ1n) is 22.5. The van der Waals surface area contributed by atoms with E-state index in [1.54, 1.807) is 16.7 Å². The maximum Gasteiger partial charge on any atom is 0.254 e. The lowest BCUT2D eigenvalue weighted by atomic mass is 9.32. The van der Waals surface area contributed by atoms with Crippen molar-refractivity contribution in [3.8, 4) is 0 Å². The zero-order valence-corrected chi connectivity index (χ0v) is 40.3. The van der Waals surface area contributed by atoms with Crippen LogP contribution in [-0.4, -0.2) is 6.71 Å². The fourth-order valence-corrected chi connectivity index (χ4v) is 13.7. The summed E-state index contributed by atoms with van der Waals surface area (Å²) in [5.74, 6) is 0. The molecule has 2 aliphatic carbocycles. The van der Waals surface area contributed by atoms with Crippen LogP contribution in [0.3, 0.4) is 0 Å². The van der Waals surface area contributed by atoms with Crippen molar-refractivity contribution in [3.05, 3.63) is 123 Å². The predicted octanol–water partition coefficient (Wildman–Crippen LogP) is 15.5. The van der Waals surface area contributed by atoms with E-state index in [4.69, 9.17) is 0 Å². The van der Waals surface area contributed by atoms with Gasteiger partial charge >= 0.3 is 0 Å². The molecular formula is C55H63BN2S2. The summed E-state index contributed by atoms with van der Waals surface area (Å²) in [6.07, 6.45) is 7.22. The fourth-order valence-electron chi connectivity index (χ4n) is 10.8. The average molecular weight is 827 g/mol. The van der Waals surface area contributed by atoms with Gasteiger partial charge in [0.05, 0.1) is 9.70 Å². The van der Waals surface area contributed by atoms with Crippen molar-refractivity contribution in [2.24, 2.45) is 5.41 Å². The Morgan fingerprint density at radius 3 is 1.67 bits per heavy atom. The van der Waals surface area contributed by atoms with E-state index in [1.165, 1.54) is 98.9 Å². The van der Waals surface area contributed by atoms with Crippen LogP contribution >= 0.6 is 22.7 Å². The monoisotopic (exact) mass is 826 g/mol. The molecule has 308 valence electrons. The van der Waals surface area contributed by atoms with Crippen molar-refractivity contribution in [2.45, 2.75) is 144 Å². The third-order valence-electron chi connectivity index (χ3n) is 14.7. The first kappa shape index (κ1) is 40.0. The lowest BCUT2D eigenvalue weighted by molar-refractivity contribution is 0.332. The summed E-state index contributed by atoms with van der Waals surface area (Å²) in [6, 6.07) is 29.3. The number of anilines is 5. The summed E-state index contributed by atoms with van der Waals surface area (Å²) < 4.78 is 4.38. The molecule has 0 atom stereocenters. The molecule has 0 spiro atoms.